The molecule has 0 saturated heterocycles. The molecule has 0 aromatic heterocycles. The first kappa shape index (κ1) is 10.2. The number of allylic oxidation sites excluding steroid dienone is 1. The highest BCUT2D eigenvalue weighted by molar-refractivity contribution is 5.13. The Kier molecular flexibility index (Phi) is 2.93. The first-order valence-electron chi connectivity index (χ1n) is 5.77. The number of aliphatic hydroxyl groups is 1. The van der Waals surface area contributed by atoms with Gasteiger partial charge >= 0.3 is 0 Å². The van der Waals surface area contributed by atoms with E-state index >= 15 is 0 Å². The van der Waals surface area contributed by atoms with Gasteiger partial charge < -0.3 is 10.4 Å². The number of hydrogen-bond acceptors (Lipinski definition) is 2. The molecule has 0 spiro atoms. The standard InChI is InChI=1S/C12H21NO/c1-8(6-9(2)14)13-12-7-10-4-3-5-11(10)12/h3,5,8-14H,4,6-7H2,1-2H3. The molecule has 0 amide bonds. The lowest BCUT2D eigenvalue weighted by molar-refractivity contribution is 0.126. The predicted molar refractivity (Wildman–Crippen MR) is 58.0 cm³/mol. The van der Waals surface area contributed by atoms with Crippen molar-refractivity contribution in [1.29, 1.82) is 0 Å². The molecular weight excluding hydrogens is 174 g/mol. The van der Waals surface area contributed by atoms with Crippen LogP contribution in [0.2, 0.25) is 0 Å². The van der Waals surface area contributed by atoms with Crippen molar-refractivity contribution in [3.8, 4) is 0 Å². The Morgan fingerprint density at radius 3 is 2.93 bits per heavy atom. The second-order valence-electron chi connectivity index (χ2n) is 5.00. The smallest absolute Gasteiger partial charge is 0.0526 e. The Morgan fingerprint density at radius 2 is 2.29 bits per heavy atom. The Morgan fingerprint density at radius 1 is 1.50 bits per heavy atom. The Balaban J connectivity index is 1.73. The molecule has 0 aromatic rings. The topological polar surface area (TPSA) is 32.3 Å². The summed E-state index contributed by atoms with van der Waals surface area (Å²) in [5.41, 5.74) is 0. The molecule has 0 heterocycles. The summed E-state index contributed by atoms with van der Waals surface area (Å²) in [6.45, 7) is 4.02. The average Bonchev–Trinajstić information content (AvgIpc) is 2.41. The highest BCUT2D eigenvalue weighted by atomic mass is 16.3. The average molecular weight is 195 g/mol. The molecule has 0 aliphatic heterocycles. The third-order valence-electron chi connectivity index (χ3n) is 3.56. The maximum atomic E-state index is 9.26. The largest absolute Gasteiger partial charge is 0.393 e. The Hall–Kier alpha value is -0.340. The molecule has 0 radical (unpaired) electrons. The van der Waals surface area contributed by atoms with E-state index < -0.39 is 0 Å². The minimum absolute atomic E-state index is 0.188. The third-order valence-corrected chi connectivity index (χ3v) is 3.56. The second-order valence-corrected chi connectivity index (χ2v) is 5.00. The molecule has 1 fully saturated rings. The van der Waals surface area contributed by atoms with Gasteiger partial charge in [-0.05, 0) is 44.9 Å². The minimum Gasteiger partial charge on any atom is -0.393 e. The van der Waals surface area contributed by atoms with Gasteiger partial charge in [0.2, 0.25) is 0 Å². The molecule has 2 rings (SSSR count). The molecule has 80 valence electrons. The van der Waals surface area contributed by atoms with Crippen LogP contribution in [0.25, 0.3) is 0 Å². The molecule has 2 nitrogen and oxygen atoms in total. The summed E-state index contributed by atoms with van der Waals surface area (Å²) in [4.78, 5) is 0. The van der Waals surface area contributed by atoms with Crippen molar-refractivity contribution in [3.63, 3.8) is 0 Å². The van der Waals surface area contributed by atoms with E-state index in [2.05, 4.69) is 24.4 Å². The maximum Gasteiger partial charge on any atom is 0.0526 e. The fourth-order valence-corrected chi connectivity index (χ4v) is 2.85. The SMILES string of the molecule is CC(O)CC(C)NC1CC2CC=CC21. The van der Waals surface area contributed by atoms with Gasteiger partial charge in [-0.25, -0.2) is 0 Å². The number of fused-ring (bicyclic) bond motifs is 1. The van der Waals surface area contributed by atoms with E-state index in [-0.39, 0.29) is 6.10 Å². The maximum absolute atomic E-state index is 9.26. The van der Waals surface area contributed by atoms with Crippen LogP contribution in [-0.4, -0.2) is 23.3 Å². The van der Waals surface area contributed by atoms with Crippen molar-refractivity contribution in [3.05, 3.63) is 12.2 Å². The molecule has 2 heteroatoms. The number of hydrogen-bond donors (Lipinski definition) is 2. The third kappa shape index (κ3) is 2.01. The van der Waals surface area contributed by atoms with Crippen molar-refractivity contribution >= 4 is 0 Å². The Bertz CT molecular complexity index is 224. The van der Waals surface area contributed by atoms with Gasteiger partial charge in [-0.15, -0.1) is 0 Å². The molecular formula is C12H21NO. The fraction of sp³-hybridized carbons (Fsp3) is 0.833. The monoisotopic (exact) mass is 195 g/mol. The lowest BCUT2D eigenvalue weighted by Crippen LogP contribution is -2.51. The molecule has 5 atom stereocenters. The van der Waals surface area contributed by atoms with E-state index in [4.69, 9.17) is 0 Å². The molecule has 5 unspecified atom stereocenters. The van der Waals surface area contributed by atoms with E-state index in [0.717, 1.165) is 18.3 Å². The highest BCUT2D eigenvalue weighted by Gasteiger charge is 2.41. The zero-order valence-corrected chi connectivity index (χ0v) is 9.11. The summed E-state index contributed by atoms with van der Waals surface area (Å²) >= 11 is 0. The zero-order chi connectivity index (χ0) is 10.1. The lowest BCUT2D eigenvalue weighted by atomic mass is 9.71. The van der Waals surface area contributed by atoms with Crippen LogP contribution in [0.15, 0.2) is 12.2 Å². The van der Waals surface area contributed by atoms with Crippen LogP contribution in [0.4, 0.5) is 0 Å². The van der Waals surface area contributed by atoms with Gasteiger partial charge in [0, 0.05) is 12.1 Å². The fourth-order valence-electron chi connectivity index (χ4n) is 2.85. The number of aliphatic hydroxyl groups excluding tert-OH is 1. The molecule has 2 aliphatic rings. The zero-order valence-electron chi connectivity index (χ0n) is 9.11. The minimum atomic E-state index is -0.188. The molecule has 1 saturated carbocycles. The van der Waals surface area contributed by atoms with E-state index in [1.807, 2.05) is 6.92 Å². The summed E-state index contributed by atoms with van der Waals surface area (Å²) < 4.78 is 0. The second kappa shape index (κ2) is 4.03. The summed E-state index contributed by atoms with van der Waals surface area (Å²) in [6, 6.07) is 1.11. The van der Waals surface area contributed by atoms with Gasteiger partial charge in [0.15, 0.2) is 0 Å². The van der Waals surface area contributed by atoms with Crippen molar-refractivity contribution < 1.29 is 5.11 Å². The van der Waals surface area contributed by atoms with Gasteiger partial charge in [0.05, 0.1) is 6.10 Å². The van der Waals surface area contributed by atoms with Crippen LogP contribution in [-0.2, 0) is 0 Å². The van der Waals surface area contributed by atoms with Gasteiger partial charge in [-0.2, -0.15) is 0 Å². The first-order chi connectivity index (χ1) is 6.66. The van der Waals surface area contributed by atoms with Crippen molar-refractivity contribution in [2.45, 2.75) is 51.3 Å². The van der Waals surface area contributed by atoms with Crippen LogP contribution in [0.1, 0.15) is 33.1 Å². The van der Waals surface area contributed by atoms with Crippen molar-refractivity contribution in [1.82, 2.24) is 5.32 Å². The molecule has 0 bridgehead atoms. The van der Waals surface area contributed by atoms with Crippen LogP contribution >= 0.6 is 0 Å². The van der Waals surface area contributed by atoms with E-state index in [0.29, 0.717) is 12.1 Å². The molecule has 14 heavy (non-hydrogen) atoms. The van der Waals surface area contributed by atoms with Crippen LogP contribution in [0.5, 0.6) is 0 Å². The van der Waals surface area contributed by atoms with E-state index in [1.165, 1.54) is 12.8 Å². The summed E-state index contributed by atoms with van der Waals surface area (Å²) in [5, 5.41) is 12.9. The molecule has 2 aliphatic carbocycles. The lowest BCUT2D eigenvalue weighted by Gasteiger charge is -2.42. The molecule has 0 aromatic carbocycles. The van der Waals surface area contributed by atoms with Crippen molar-refractivity contribution in [2.24, 2.45) is 11.8 Å². The van der Waals surface area contributed by atoms with Gasteiger partial charge in [-0.1, -0.05) is 12.2 Å². The van der Waals surface area contributed by atoms with Gasteiger partial charge in [0.25, 0.3) is 0 Å². The number of nitrogens with one attached hydrogen (secondary N) is 1. The van der Waals surface area contributed by atoms with Crippen LogP contribution in [0, 0.1) is 11.8 Å². The van der Waals surface area contributed by atoms with Crippen LogP contribution < -0.4 is 5.32 Å². The predicted octanol–water partition coefficient (Wildman–Crippen LogP) is 1.70. The number of rotatable bonds is 4. The Labute approximate surface area is 86.4 Å². The summed E-state index contributed by atoms with van der Waals surface area (Å²) in [6.07, 6.45) is 7.96. The van der Waals surface area contributed by atoms with E-state index in [9.17, 15) is 5.11 Å². The summed E-state index contributed by atoms with van der Waals surface area (Å²) in [5.74, 6) is 1.71. The van der Waals surface area contributed by atoms with E-state index in [1.54, 1.807) is 0 Å². The molecule has 2 N–H and O–H groups in total. The van der Waals surface area contributed by atoms with Gasteiger partial charge in [0.1, 0.15) is 0 Å². The van der Waals surface area contributed by atoms with Crippen molar-refractivity contribution in [2.75, 3.05) is 0 Å². The quantitative estimate of drug-likeness (QED) is 0.669. The van der Waals surface area contributed by atoms with Crippen LogP contribution in [0.3, 0.4) is 0 Å². The normalized spacial score (nSPS) is 38.9. The summed E-state index contributed by atoms with van der Waals surface area (Å²) in [7, 11) is 0. The van der Waals surface area contributed by atoms with Gasteiger partial charge in [-0.3, -0.25) is 0 Å². The first-order valence-corrected chi connectivity index (χ1v) is 5.77. The highest BCUT2D eigenvalue weighted by Crippen LogP contribution is 2.42.